The van der Waals surface area contributed by atoms with E-state index in [0.717, 1.165) is 115 Å². The summed E-state index contributed by atoms with van der Waals surface area (Å²) in [5, 5.41) is 13.6. The monoisotopic (exact) mass is 1040 g/mol. The van der Waals surface area contributed by atoms with Gasteiger partial charge in [-0.05, 0) is 140 Å². The van der Waals surface area contributed by atoms with Gasteiger partial charge in [0.2, 0.25) is 0 Å². The van der Waals surface area contributed by atoms with Crippen LogP contribution in [0, 0.1) is 0 Å². The van der Waals surface area contributed by atoms with Crippen LogP contribution in [0.15, 0.2) is 237 Å². The molecule has 0 unspecified atom stereocenters. The Morgan fingerprint density at radius 3 is 0.738 bits per heavy atom. The van der Waals surface area contributed by atoms with Gasteiger partial charge in [-0.25, -0.2) is 0 Å². The van der Waals surface area contributed by atoms with E-state index >= 15 is 0 Å². The van der Waals surface area contributed by atoms with Crippen molar-refractivity contribution >= 4 is 82.0 Å². The van der Waals surface area contributed by atoms with Crippen LogP contribution in [0.1, 0.15) is 57.0 Å². The Hall–Kier alpha value is -8.91. The lowest BCUT2D eigenvalue weighted by molar-refractivity contribution is -0.124. The van der Waals surface area contributed by atoms with Crippen LogP contribution < -0.4 is 0 Å². The van der Waals surface area contributed by atoms with E-state index in [9.17, 15) is 14.4 Å². The predicted octanol–water partition coefficient (Wildman–Crippen LogP) is 15.9. The molecule has 0 atom stereocenters. The molecular formula is C74H60O6. The molecule has 80 heavy (non-hydrogen) atoms. The Morgan fingerprint density at radius 1 is 0.300 bits per heavy atom. The number of hydrogen-bond donors (Lipinski definition) is 0. The van der Waals surface area contributed by atoms with Gasteiger partial charge in [-0.2, -0.15) is 0 Å². The van der Waals surface area contributed by atoms with E-state index in [1.54, 1.807) is 0 Å². The third kappa shape index (κ3) is 10.9. The molecule has 6 heteroatoms. The number of carbonyl (C=O) groups excluding carboxylic acids is 3. The van der Waals surface area contributed by atoms with Crippen LogP contribution in [-0.2, 0) is 73.1 Å². The second-order valence-electron chi connectivity index (χ2n) is 21.2. The van der Waals surface area contributed by atoms with Crippen LogP contribution in [0.5, 0.6) is 0 Å². The lowest BCUT2D eigenvalue weighted by Gasteiger charge is -2.32. The van der Waals surface area contributed by atoms with Gasteiger partial charge in [0.05, 0.1) is 19.8 Å². The van der Waals surface area contributed by atoms with Crippen molar-refractivity contribution in [2.24, 2.45) is 0 Å². The van der Waals surface area contributed by atoms with Gasteiger partial charge in [-0.1, -0.05) is 218 Å². The van der Waals surface area contributed by atoms with Gasteiger partial charge in [0.1, 0.15) is 19.8 Å². The molecule has 0 radical (unpaired) electrons. The van der Waals surface area contributed by atoms with Gasteiger partial charge in [0, 0.05) is 24.7 Å². The summed E-state index contributed by atoms with van der Waals surface area (Å²) in [5.74, 6) is 0.000657. The summed E-state index contributed by atoms with van der Waals surface area (Å²) in [4.78, 5) is 40.6. The van der Waals surface area contributed by atoms with Crippen LogP contribution in [-0.4, -0.2) is 37.2 Å². The van der Waals surface area contributed by atoms with Gasteiger partial charge >= 0.3 is 0 Å². The fraction of sp³-hybridized carbons (Fsp3) is 0.149. The Balaban J connectivity index is 0.739. The van der Waals surface area contributed by atoms with Crippen LogP contribution in [0.4, 0.5) is 0 Å². The Kier molecular flexibility index (Phi) is 15.0. The second-order valence-corrected chi connectivity index (χ2v) is 21.2. The van der Waals surface area contributed by atoms with Gasteiger partial charge in [-0.3, -0.25) is 14.4 Å². The van der Waals surface area contributed by atoms with Gasteiger partial charge in [0.25, 0.3) is 0 Å². The van der Waals surface area contributed by atoms with E-state index in [1.807, 2.05) is 109 Å². The van der Waals surface area contributed by atoms with Gasteiger partial charge in [0.15, 0.2) is 17.3 Å². The van der Waals surface area contributed by atoms with Gasteiger partial charge < -0.3 is 14.2 Å². The summed E-state index contributed by atoms with van der Waals surface area (Å²) in [6, 6.07) is 81.3. The highest BCUT2D eigenvalue weighted by atomic mass is 16.5. The first-order valence-corrected chi connectivity index (χ1v) is 27.5. The quantitative estimate of drug-likeness (QED) is 0.0527. The van der Waals surface area contributed by atoms with Crippen LogP contribution in [0.2, 0.25) is 0 Å². The average Bonchev–Trinajstić information content (AvgIpc) is 3.55. The maximum Gasteiger partial charge on any atom is 0.162 e. The molecule has 0 spiro atoms. The summed E-state index contributed by atoms with van der Waals surface area (Å²) in [7, 11) is 0. The third-order valence-electron chi connectivity index (χ3n) is 16.0. The summed E-state index contributed by atoms with van der Waals surface area (Å²) in [5.41, 5.74) is 8.39. The highest BCUT2D eigenvalue weighted by Crippen LogP contribution is 2.40. The molecule has 0 aliphatic carbocycles. The molecule has 6 nitrogen and oxygen atoms in total. The predicted molar refractivity (Wildman–Crippen MR) is 324 cm³/mol. The number of rotatable bonds is 21. The molecule has 0 saturated heterocycles. The van der Waals surface area contributed by atoms with Crippen molar-refractivity contribution in [2.75, 3.05) is 19.8 Å². The molecule has 0 bridgehead atoms. The number of Topliss-reactive ketones (excluding diaryl/α,β-unsaturated/α-hetero) is 3. The van der Waals surface area contributed by atoms with Crippen molar-refractivity contribution in [1.82, 2.24) is 0 Å². The topological polar surface area (TPSA) is 78.9 Å². The zero-order valence-electron chi connectivity index (χ0n) is 44.8. The molecule has 392 valence electrons. The van der Waals surface area contributed by atoms with E-state index in [-0.39, 0.29) is 56.4 Å². The molecule has 0 aliphatic heterocycles. The molecule has 12 aromatic rings. The number of hydrogen-bond acceptors (Lipinski definition) is 6. The first-order chi connectivity index (χ1) is 39.2. The number of ether oxygens (including phenoxy) is 3. The Morgan fingerprint density at radius 2 is 0.512 bits per heavy atom. The summed E-state index contributed by atoms with van der Waals surface area (Å²) in [6.07, 6.45) is 0.718. The maximum atomic E-state index is 13.5. The second kappa shape index (κ2) is 23.2. The Labute approximate surface area is 466 Å². The fourth-order valence-corrected chi connectivity index (χ4v) is 11.8. The number of ketones is 3. The number of carbonyl (C=O) groups is 3. The smallest absolute Gasteiger partial charge is 0.162 e. The summed E-state index contributed by atoms with van der Waals surface area (Å²) < 4.78 is 18.5. The largest absolute Gasteiger partial charge is 0.369 e. The van der Waals surface area contributed by atoms with Crippen molar-refractivity contribution in [2.45, 2.75) is 51.4 Å². The normalized spacial score (nSPS) is 11.8. The van der Waals surface area contributed by atoms with Crippen molar-refractivity contribution in [1.29, 1.82) is 0 Å². The molecule has 12 aromatic carbocycles. The average molecular weight is 1050 g/mol. The zero-order chi connectivity index (χ0) is 54.4. The molecule has 0 fully saturated rings. The number of benzene rings is 12. The minimum absolute atomic E-state index is 0.000219. The lowest BCUT2D eigenvalue weighted by Crippen LogP contribution is -2.25. The minimum Gasteiger partial charge on any atom is -0.369 e. The van der Waals surface area contributed by atoms with Crippen molar-refractivity contribution < 1.29 is 28.6 Å². The highest BCUT2D eigenvalue weighted by Gasteiger charge is 2.31. The Bertz CT molecular complexity index is 3650. The summed E-state index contributed by atoms with van der Waals surface area (Å²) >= 11 is 0. The van der Waals surface area contributed by atoms with Gasteiger partial charge in [-0.15, -0.1) is 0 Å². The molecule has 0 N–H and O–H groups in total. The molecule has 12 rings (SSSR count). The van der Waals surface area contributed by atoms with Crippen molar-refractivity contribution in [3.63, 3.8) is 0 Å². The van der Waals surface area contributed by atoms with Crippen molar-refractivity contribution in [3.05, 3.63) is 287 Å². The third-order valence-corrected chi connectivity index (χ3v) is 16.0. The van der Waals surface area contributed by atoms with E-state index in [2.05, 4.69) is 134 Å². The fourth-order valence-electron chi connectivity index (χ4n) is 11.8. The van der Waals surface area contributed by atoms with Crippen LogP contribution in [0.3, 0.4) is 0 Å². The van der Waals surface area contributed by atoms with E-state index in [0.29, 0.717) is 19.8 Å². The van der Waals surface area contributed by atoms with Crippen molar-refractivity contribution in [3.8, 4) is 0 Å². The zero-order valence-corrected chi connectivity index (χ0v) is 44.8. The molecule has 0 saturated carbocycles. The van der Waals surface area contributed by atoms with E-state index in [4.69, 9.17) is 14.2 Å². The molecule has 0 aliphatic rings. The standard InChI is InChI=1S/C74H60O6/c1-74(59-32-26-50(27-33-59)38-62(75)44-78-47-71-65-20-8-2-14-53(65)41-54-15-3-9-21-66(54)71,60-34-28-51(29-35-60)39-63(76)45-79-48-72-67-22-10-4-16-55(67)42-56-17-5-11-23-68(56)72)61-36-30-52(31-37-61)40-64(77)46-80-49-73-69-24-12-6-18-57(69)43-58-19-7-13-25-70(58)73/h2-37,41-43H,38-40,44-49H2,1H3. The maximum absolute atomic E-state index is 13.5. The van der Waals surface area contributed by atoms with Crippen LogP contribution in [0.25, 0.3) is 64.6 Å². The highest BCUT2D eigenvalue weighted by molar-refractivity contribution is 6.04. The molecule has 0 heterocycles. The minimum atomic E-state index is -0.646. The SMILES string of the molecule is CC(c1ccc(CC(=O)COCc2c3ccccc3cc3ccccc23)cc1)(c1ccc(CC(=O)COCc2c3ccccc3cc3ccccc23)cc1)c1ccc(CC(=O)COCc2c3ccccc3cc3ccccc23)cc1. The van der Waals surface area contributed by atoms with E-state index < -0.39 is 5.41 Å². The lowest BCUT2D eigenvalue weighted by atomic mass is 9.70. The van der Waals surface area contributed by atoms with E-state index in [1.165, 1.54) is 0 Å². The summed E-state index contributed by atoms with van der Waals surface area (Å²) in [6.45, 7) is 3.21. The molecule has 0 amide bonds. The molecular weight excluding hydrogens is 985 g/mol. The number of fused-ring (bicyclic) bond motifs is 6. The first kappa shape index (κ1) is 51.8. The van der Waals surface area contributed by atoms with Crippen LogP contribution >= 0.6 is 0 Å². The first-order valence-electron chi connectivity index (χ1n) is 27.5. The molecule has 0 aromatic heterocycles.